The fourth-order valence-electron chi connectivity index (χ4n) is 1.59. The minimum atomic E-state index is -0.230. The third-order valence-corrected chi connectivity index (χ3v) is 3.25. The van der Waals surface area contributed by atoms with Crippen LogP contribution in [0.3, 0.4) is 0 Å². The van der Waals surface area contributed by atoms with Crippen LogP contribution in [0.2, 0.25) is 0 Å². The normalized spacial score (nSPS) is 11.9. The van der Waals surface area contributed by atoms with E-state index in [-0.39, 0.29) is 24.3 Å². The lowest BCUT2D eigenvalue weighted by molar-refractivity contribution is 0.613. The first kappa shape index (κ1) is 13.2. The molecule has 1 heterocycles. The van der Waals surface area contributed by atoms with E-state index in [1.165, 1.54) is 6.07 Å². The van der Waals surface area contributed by atoms with Gasteiger partial charge in [-0.2, -0.15) is 11.3 Å². The van der Waals surface area contributed by atoms with Crippen molar-refractivity contribution in [2.45, 2.75) is 13.0 Å². The molecule has 0 aliphatic rings. The van der Waals surface area contributed by atoms with Gasteiger partial charge < -0.3 is 5.73 Å². The summed E-state index contributed by atoms with van der Waals surface area (Å²) in [7, 11) is 0. The van der Waals surface area contributed by atoms with Crippen molar-refractivity contribution in [3.05, 3.63) is 57.5 Å². The Bertz CT molecular complexity index is 456. The van der Waals surface area contributed by atoms with Crippen molar-refractivity contribution < 1.29 is 4.39 Å². The number of thiophene rings is 1. The highest BCUT2D eigenvalue weighted by atomic mass is 35.5. The molecule has 2 rings (SSSR count). The monoisotopic (exact) mass is 257 g/mol. The predicted molar refractivity (Wildman–Crippen MR) is 68.7 cm³/mol. The van der Waals surface area contributed by atoms with Crippen LogP contribution in [0.4, 0.5) is 4.39 Å². The molecule has 1 atom stereocenters. The van der Waals surface area contributed by atoms with Gasteiger partial charge in [-0.25, -0.2) is 4.39 Å². The first-order valence-corrected chi connectivity index (χ1v) is 5.67. The Balaban J connectivity index is 0.00000128. The summed E-state index contributed by atoms with van der Waals surface area (Å²) in [6.07, 6.45) is 0. The molecular weight excluding hydrogens is 245 g/mol. The van der Waals surface area contributed by atoms with E-state index in [2.05, 4.69) is 0 Å². The molecule has 0 bridgehead atoms. The van der Waals surface area contributed by atoms with Crippen LogP contribution in [0.25, 0.3) is 0 Å². The number of halogens is 2. The maximum atomic E-state index is 13.3. The van der Waals surface area contributed by atoms with Gasteiger partial charge in [0, 0.05) is 0 Å². The molecule has 0 saturated heterocycles. The summed E-state index contributed by atoms with van der Waals surface area (Å²) >= 11 is 1.60. The third-order valence-electron chi connectivity index (χ3n) is 2.55. The molecule has 0 fully saturated rings. The van der Waals surface area contributed by atoms with Crippen molar-refractivity contribution in [2.75, 3.05) is 0 Å². The molecule has 1 aromatic heterocycles. The van der Waals surface area contributed by atoms with Gasteiger partial charge in [-0.3, -0.25) is 0 Å². The molecule has 0 radical (unpaired) electrons. The molecule has 86 valence electrons. The van der Waals surface area contributed by atoms with Gasteiger partial charge in [-0.05, 0) is 46.5 Å². The van der Waals surface area contributed by atoms with Crippen LogP contribution < -0.4 is 5.73 Å². The highest BCUT2D eigenvalue weighted by Crippen LogP contribution is 2.25. The summed E-state index contributed by atoms with van der Waals surface area (Å²) in [5, 5.41) is 3.97. The van der Waals surface area contributed by atoms with Gasteiger partial charge in [-0.1, -0.05) is 12.1 Å². The number of rotatable bonds is 2. The second-order valence-electron chi connectivity index (χ2n) is 3.49. The van der Waals surface area contributed by atoms with Crippen LogP contribution in [-0.4, -0.2) is 0 Å². The number of hydrogen-bond donors (Lipinski definition) is 1. The highest BCUT2D eigenvalue weighted by Gasteiger charge is 2.13. The van der Waals surface area contributed by atoms with Crippen LogP contribution in [0.1, 0.15) is 22.7 Å². The summed E-state index contributed by atoms with van der Waals surface area (Å²) in [6, 6.07) is 6.77. The lowest BCUT2D eigenvalue weighted by Crippen LogP contribution is -2.12. The van der Waals surface area contributed by atoms with Gasteiger partial charge in [0.05, 0.1) is 6.04 Å². The zero-order valence-corrected chi connectivity index (χ0v) is 10.4. The summed E-state index contributed by atoms with van der Waals surface area (Å²) in [5.74, 6) is -0.196. The molecule has 1 aromatic carbocycles. The minimum Gasteiger partial charge on any atom is -0.320 e. The number of hydrogen-bond acceptors (Lipinski definition) is 2. The van der Waals surface area contributed by atoms with Crippen LogP contribution in [0.15, 0.2) is 35.0 Å². The molecule has 4 heteroatoms. The minimum absolute atomic E-state index is 0. The zero-order chi connectivity index (χ0) is 10.8. The Morgan fingerprint density at radius 1 is 1.31 bits per heavy atom. The van der Waals surface area contributed by atoms with Crippen molar-refractivity contribution in [1.82, 2.24) is 0 Å². The van der Waals surface area contributed by atoms with Crippen LogP contribution in [-0.2, 0) is 0 Å². The summed E-state index contributed by atoms with van der Waals surface area (Å²) in [5.41, 5.74) is 8.60. The average molecular weight is 258 g/mol. The molecular formula is C12H13ClFNS. The van der Waals surface area contributed by atoms with Crippen molar-refractivity contribution in [1.29, 1.82) is 0 Å². The molecule has 0 amide bonds. The van der Waals surface area contributed by atoms with Crippen molar-refractivity contribution in [3.8, 4) is 0 Å². The lowest BCUT2D eigenvalue weighted by atomic mass is 9.97. The largest absolute Gasteiger partial charge is 0.320 e. The Morgan fingerprint density at radius 3 is 2.69 bits per heavy atom. The van der Waals surface area contributed by atoms with Crippen molar-refractivity contribution in [2.24, 2.45) is 5.73 Å². The Kier molecular flexibility index (Phi) is 4.47. The first-order chi connectivity index (χ1) is 7.20. The average Bonchev–Trinajstić information content (AvgIpc) is 2.74. The van der Waals surface area contributed by atoms with Crippen LogP contribution >= 0.6 is 23.7 Å². The summed E-state index contributed by atoms with van der Waals surface area (Å²) < 4.78 is 13.3. The SMILES string of the molecule is Cc1c(F)cccc1[C@H](N)c1ccsc1.Cl. The molecule has 0 aliphatic heterocycles. The second kappa shape index (κ2) is 5.43. The molecule has 1 nitrogen and oxygen atoms in total. The Hall–Kier alpha value is -0.900. The molecule has 0 aliphatic carbocycles. The first-order valence-electron chi connectivity index (χ1n) is 4.73. The van der Waals surface area contributed by atoms with Crippen molar-refractivity contribution in [3.63, 3.8) is 0 Å². The molecule has 2 N–H and O–H groups in total. The predicted octanol–water partition coefficient (Wildman–Crippen LogP) is 3.67. The van der Waals surface area contributed by atoms with E-state index in [4.69, 9.17) is 5.73 Å². The quantitative estimate of drug-likeness (QED) is 0.873. The van der Waals surface area contributed by atoms with E-state index in [0.717, 1.165) is 11.1 Å². The topological polar surface area (TPSA) is 26.0 Å². The van der Waals surface area contributed by atoms with E-state index in [9.17, 15) is 4.39 Å². The third kappa shape index (κ3) is 2.43. The van der Waals surface area contributed by atoms with Crippen LogP contribution in [0, 0.1) is 12.7 Å². The molecule has 16 heavy (non-hydrogen) atoms. The Labute approximate surface area is 105 Å². The zero-order valence-electron chi connectivity index (χ0n) is 8.81. The number of nitrogens with two attached hydrogens (primary N) is 1. The van der Waals surface area contributed by atoms with E-state index in [0.29, 0.717) is 5.56 Å². The molecule has 0 unspecified atom stereocenters. The van der Waals surface area contributed by atoms with E-state index >= 15 is 0 Å². The van der Waals surface area contributed by atoms with Gasteiger partial charge in [0.2, 0.25) is 0 Å². The second-order valence-corrected chi connectivity index (χ2v) is 4.27. The summed E-state index contributed by atoms with van der Waals surface area (Å²) in [4.78, 5) is 0. The van der Waals surface area contributed by atoms with Crippen LogP contribution in [0.5, 0.6) is 0 Å². The Morgan fingerprint density at radius 2 is 2.06 bits per heavy atom. The standard InChI is InChI=1S/C12H12FNS.ClH/c1-8-10(3-2-4-11(8)13)12(14)9-5-6-15-7-9;/h2-7,12H,14H2,1H3;1H/t12-;/m1./s1. The van der Waals surface area contributed by atoms with Gasteiger partial charge in [0.1, 0.15) is 5.82 Å². The maximum Gasteiger partial charge on any atom is 0.126 e. The molecule has 0 saturated carbocycles. The van der Waals surface area contributed by atoms with E-state index in [1.807, 2.05) is 22.9 Å². The fourth-order valence-corrected chi connectivity index (χ4v) is 2.29. The van der Waals surface area contributed by atoms with E-state index < -0.39 is 0 Å². The fraction of sp³-hybridized carbons (Fsp3) is 0.167. The van der Waals surface area contributed by atoms with E-state index in [1.54, 1.807) is 24.3 Å². The molecule has 2 aromatic rings. The smallest absolute Gasteiger partial charge is 0.126 e. The van der Waals surface area contributed by atoms with Gasteiger partial charge >= 0.3 is 0 Å². The van der Waals surface area contributed by atoms with Gasteiger partial charge in [-0.15, -0.1) is 12.4 Å². The maximum absolute atomic E-state index is 13.3. The van der Waals surface area contributed by atoms with Crippen molar-refractivity contribution >= 4 is 23.7 Å². The highest BCUT2D eigenvalue weighted by molar-refractivity contribution is 7.08. The lowest BCUT2D eigenvalue weighted by Gasteiger charge is -2.13. The van der Waals surface area contributed by atoms with Gasteiger partial charge in [0.15, 0.2) is 0 Å². The van der Waals surface area contributed by atoms with Gasteiger partial charge in [0.25, 0.3) is 0 Å². The summed E-state index contributed by atoms with van der Waals surface area (Å²) in [6.45, 7) is 1.76. The number of benzene rings is 1. The molecule has 0 spiro atoms.